The number of nitrogens with one attached hydrogen (secondary N) is 2. The fourth-order valence-corrected chi connectivity index (χ4v) is 3.48. The van der Waals surface area contributed by atoms with Gasteiger partial charge in [-0.05, 0) is 46.3 Å². The minimum absolute atomic E-state index is 0.128. The number of benzene rings is 1. The largest absolute Gasteiger partial charge is 0.496 e. The lowest BCUT2D eigenvalue weighted by atomic mass is 10.2. The molecule has 2 aromatic heterocycles. The third kappa shape index (κ3) is 4.75. The minimum Gasteiger partial charge on any atom is -0.496 e. The van der Waals surface area contributed by atoms with Crippen LogP contribution in [-0.4, -0.2) is 23.9 Å². The van der Waals surface area contributed by atoms with Crippen LogP contribution in [0.25, 0.3) is 11.5 Å². The Kier molecular flexibility index (Phi) is 5.92. The van der Waals surface area contributed by atoms with Crippen LogP contribution in [0.5, 0.6) is 5.75 Å². The Hall–Kier alpha value is -2.65. The third-order valence-corrected chi connectivity index (χ3v) is 4.94. The van der Waals surface area contributed by atoms with Crippen LogP contribution in [0.15, 0.2) is 44.6 Å². The molecule has 27 heavy (non-hydrogen) atoms. The summed E-state index contributed by atoms with van der Waals surface area (Å²) in [6.07, 6.45) is 0. The number of ether oxygens (including phenoxy) is 1. The molecule has 0 fully saturated rings. The number of aromatic nitrogens is 1. The van der Waals surface area contributed by atoms with Crippen LogP contribution in [0.3, 0.4) is 0 Å². The van der Waals surface area contributed by atoms with Crippen molar-refractivity contribution in [1.82, 2.24) is 10.3 Å². The minimum atomic E-state index is -0.273. The van der Waals surface area contributed by atoms with Crippen LogP contribution in [-0.2, 0) is 11.3 Å². The molecule has 2 heterocycles. The zero-order valence-corrected chi connectivity index (χ0v) is 16.9. The maximum Gasteiger partial charge on any atom is 0.257 e. The van der Waals surface area contributed by atoms with Gasteiger partial charge in [-0.25, -0.2) is 4.98 Å². The summed E-state index contributed by atoms with van der Waals surface area (Å²) >= 11 is 4.66. The molecule has 0 aliphatic carbocycles. The summed E-state index contributed by atoms with van der Waals surface area (Å²) in [6.45, 7) is 1.76. The number of thiazole rings is 1. The van der Waals surface area contributed by atoms with Gasteiger partial charge in [-0.3, -0.25) is 14.9 Å². The lowest BCUT2D eigenvalue weighted by Gasteiger charge is -2.06. The average molecular weight is 450 g/mol. The van der Waals surface area contributed by atoms with E-state index in [0.29, 0.717) is 44.7 Å². The quantitative estimate of drug-likeness (QED) is 0.591. The van der Waals surface area contributed by atoms with Crippen LogP contribution in [0.1, 0.15) is 23.0 Å². The van der Waals surface area contributed by atoms with Gasteiger partial charge in [0.15, 0.2) is 10.9 Å². The molecule has 2 N–H and O–H groups in total. The van der Waals surface area contributed by atoms with Gasteiger partial charge >= 0.3 is 0 Å². The first-order chi connectivity index (χ1) is 13.0. The molecule has 0 unspecified atom stereocenters. The summed E-state index contributed by atoms with van der Waals surface area (Å²) < 4.78 is 11.5. The summed E-state index contributed by atoms with van der Waals surface area (Å²) in [5.74, 6) is 1.44. The lowest BCUT2D eigenvalue weighted by Crippen LogP contribution is -2.18. The summed E-state index contributed by atoms with van der Waals surface area (Å²) in [5.41, 5.74) is 1.09. The number of carbonyl (C=O) groups excluding carboxylic acids is 2. The summed E-state index contributed by atoms with van der Waals surface area (Å²) in [6, 6.07) is 8.62. The number of hydrogen-bond donors (Lipinski definition) is 2. The van der Waals surface area contributed by atoms with Gasteiger partial charge in [0.1, 0.15) is 17.2 Å². The zero-order valence-electron chi connectivity index (χ0n) is 14.5. The maximum absolute atomic E-state index is 12.4. The first kappa shape index (κ1) is 19.1. The molecule has 2 amide bonds. The second-order valence-corrected chi connectivity index (χ2v) is 7.23. The molecule has 0 spiro atoms. The predicted molar refractivity (Wildman–Crippen MR) is 106 cm³/mol. The molecule has 1 aromatic carbocycles. The first-order valence-corrected chi connectivity index (χ1v) is 9.57. The van der Waals surface area contributed by atoms with Crippen LogP contribution < -0.4 is 15.4 Å². The van der Waals surface area contributed by atoms with Gasteiger partial charge in [0.2, 0.25) is 5.91 Å². The van der Waals surface area contributed by atoms with Gasteiger partial charge in [-0.2, -0.15) is 0 Å². The highest BCUT2D eigenvalue weighted by molar-refractivity contribution is 9.10. The zero-order chi connectivity index (χ0) is 19.4. The van der Waals surface area contributed by atoms with Gasteiger partial charge in [-0.15, -0.1) is 11.3 Å². The van der Waals surface area contributed by atoms with Crippen molar-refractivity contribution in [3.05, 3.63) is 51.5 Å². The Morgan fingerprint density at radius 1 is 1.30 bits per heavy atom. The van der Waals surface area contributed by atoms with Crippen molar-refractivity contribution in [2.45, 2.75) is 13.5 Å². The lowest BCUT2D eigenvalue weighted by molar-refractivity contribution is -0.119. The van der Waals surface area contributed by atoms with Crippen molar-refractivity contribution in [1.29, 1.82) is 0 Å². The van der Waals surface area contributed by atoms with Crippen molar-refractivity contribution in [2.24, 2.45) is 0 Å². The van der Waals surface area contributed by atoms with E-state index in [4.69, 9.17) is 9.15 Å². The van der Waals surface area contributed by atoms with Crippen LogP contribution >= 0.6 is 27.3 Å². The highest BCUT2D eigenvalue weighted by Gasteiger charge is 2.13. The molecule has 3 aromatic rings. The number of furan rings is 1. The normalized spacial score (nSPS) is 10.5. The SMILES string of the molecule is COc1ccc(C(=O)Nc2nc(-c3ccc(CNC(C)=O)o3)cs2)cc1Br. The molecule has 0 bridgehead atoms. The number of amides is 2. The predicted octanol–water partition coefficient (Wildman–Crippen LogP) is 4.06. The Balaban J connectivity index is 1.68. The molecule has 0 radical (unpaired) electrons. The second kappa shape index (κ2) is 8.36. The monoisotopic (exact) mass is 449 g/mol. The highest BCUT2D eigenvalue weighted by atomic mass is 79.9. The van der Waals surface area contributed by atoms with Crippen molar-refractivity contribution < 1.29 is 18.7 Å². The van der Waals surface area contributed by atoms with E-state index in [1.165, 1.54) is 18.3 Å². The molecule has 0 saturated carbocycles. The molecule has 0 atom stereocenters. The van der Waals surface area contributed by atoms with Crippen molar-refractivity contribution in [2.75, 3.05) is 12.4 Å². The highest BCUT2D eigenvalue weighted by Crippen LogP contribution is 2.28. The van der Waals surface area contributed by atoms with Crippen molar-refractivity contribution in [3.8, 4) is 17.2 Å². The van der Waals surface area contributed by atoms with Crippen LogP contribution in [0.2, 0.25) is 0 Å². The Labute approximate surface area is 167 Å². The number of carbonyl (C=O) groups is 2. The Bertz CT molecular complexity index is 983. The summed E-state index contributed by atoms with van der Waals surface area (Å²) in [4.78, 5) is 27.7. The molecule has 0 aliphatic heterocycles. The number of hydrogen-bond acceptors (Lipinski definition) is 6. The molecule has 3 rings (SSSR count). The second-order valence-electron chi connectivity index (χ2n) is 5.52. The summed E-state index contributed by atoms with van der Waals surface area (Å²) in [7, 11) is 1.56. The number of nitrogens with zero attached hydrogens (tertiary/aromatic N) is 1. The van der Waals surface area contributed by atoms with Gasteiger partial charge in [-0.1, -0.05) is 0 Å². The molecule has 9 heteroatoms. The first-order valence-electron chi connectivity index (χ1n) is 7.90. The maximum atomic E-state index is 12.4. The number of methoxy groups -OCH3 is 1. The molecule has 140 valence electrons. The Morgan fingerprint density at radius 3 is 2.81 bits per heavy atom. The van der Waals surface area contributed by atoms with E-state index in [9.17, 15) is 9.59 Å². The molecular formula is C18H16BrN3O4S. The molecular weight excluding hydrogens is 434 g/mol. The number of anilines is 1. The van der Waals surface area contributed by atoms with Crippen molar-refractivity contribution >= 4 is 44.2 Å². The number of rotatable bonds is 6. The standard InChI is InChI=1S/C18H16BrN3O4S/c1-10(23)20-8-12-4-6-16(26-12)14-9-27-18(21-14)22-17(24)11-3-5-15(25-2)13(19)7-11/h3-7,9H,8H2,1-2H3,(H,20,23)(H,21,22,24). The van der Waals surface area contributed by atoms with Crippen molar-refractivity contribution in [3.63, 3.8) is 0 Å². The number of halogens is 1. The Morgan fingerprint density at radius 2 is 2.11 bits per heavy atom. The third-order valence-electron chi connectivity index (χ3n) is 3.56. The van der Waals surface area contributed by atoms with Gasteiger partial charge in [0.05, 0.1) is 18.1 Å². The van der Waals surface area contributed by atoms with E-state index in [2.05, 4.69) is 31.5 Å². The fraction of sp³-hybridized carbons (Fsp3) is 0.167. The van der Waals surface area contributed by atoms with Gasteiger partial charge in [0, 0.05) is 17.9 Å². The molecule has 0 aliphatic rings. The van der Waals surface area contributed by atoms with Crippen LogP contribution in [0, 0.1) is 0 Å². The van der Waals surface area contributed by atoms with Crippen LogP contribution in [0.4, 0.5) is 5.13 Å². The van der Waals surface area contributed by atoms with E-state index in [1.807, 2.05) is 0 Å². The fourth-order valence-electron chi connectivity index (χ4n) is 2.24. The van der Waals surface area contributed by atoms with Gasteiger partial charge < -0.3 is 14.5 Å². The van der Waals surface area contributed by atoms with E-state index in [-0.39, 0.29) is 11.8 Å². The van der Waals surface area contributed by atoms with Gasteiger partial charge in [0.25, 0.3) is 5.91 Å². The smallest absolute Gasteiger partial charge is 0.257 e. The molecule has 7 nitrogen and oxygen atoms in total. The molecule has 0 saturated heterocycles. The summed E-state index contributed by atoms with van der Waals surface area (Å²) in [5, 5.41) is 7.69. The van der Waals surface area contributed by atoms with E-state index in [0.717, 1.165) is 0 Å². The van der Waals surface area contributed by atoms with E-state index < -0.39 is 0 Å². The average Bonchev–Trinajstić information content (AvgIpc) is 3.29. The van der Waals surface area contributed by atoms with E-state index in [1.54, 1.807) is 42.8 Å². The topological polar surface area (TPSA) is 93.5 Å². The van der Waals surface area contributed by atoms with E-state index >= 15 is 0 Å².